The number of carbonyl (C=O) groups is 1. The highest BCUT2D eigenvalue weighted by Gasteiger charge is 2.27. The number of hydrogen-bond donors (Lipinski definition) is 0. The van der Waals surface area contributed by atoms with E-state index < -0.39 is 10.1 Å². The number of rotatable bonds is 7. The summed E-state index contributed by atoms with van der Waals surface area (Å²) in [6.07, 6.45) is -0.116. The van der Waals surface area contributed by atoms with Gasteiger partial charge in [0.15, 0.2) is 5.78 Å². The number of Topliss-reactive ketones (excluding diaryl/α,β-unsaturated/α-hetero) is 1. The molecule has 0 heterocycles. The van der Waals surface area contributed by atoms with Gasteiger partial charge < -0.3 is 9.29 Å². The quantitative estimate of drug-likeness (QED) is 0.169. The first-order chi connectivity index (χ1) is 15.8. The normalized spacial score (nSPS) is 12.3. The van der Waals surface area contributed by atoms with Gasteiger partial charge in [0.2, 0.25) is 6.23 Å². The second-order valence-corrected chi connectivity index (χ2v) is 10.5. The Bertz CT molecular complexity index is 1210. The second kappa shape index (κ2) is 11.8. The van der Waals surface area contributed by atoms with Crippen molar-refractivity contribution < 1.29 is 27.0 Å². The van der Waals surface area contributed by atoms with Crippen LogP contribution in [-0.4, -0.2) is 43.6 Å². The SMILES string of the molecule is CC(=O)c1cc(Cl)ccc1OC(C)[N+](C)(C)Cc1ccccc1.O=S(=O)([O-])c1ccc(Cl)cc1. The molecule has 0 aromatic heterocycles. The molecule has 0 aliphatic carbocycles. The molecule has 1 unspecified atom stereocenters. The topological polar surface area (TPSA) is 83.5 Å². The highest BCUT2D eigenvalue weighted by molar-refractivity contribution is 7.85. The molecule has 0 saturated heterocycles. The van der Waals surface area contributed by atoms with E-state index in [4.69, 9.17) is 27.9 Å². The predicted molar refractivity (Wildman–Crippen MR) is 133 cm³/mol. The Morgan fingerprint density at radius 3 is 2.06 bits per heavy atom. The zero-order valence-electron chi connectivity index (χ0n) is 19.4. The summed E-state index contributed by atoms with van der Waals surface area (Å²) in [6, 6.07) is 20.5. The van der Waals surface area contributed by atoms with E-state index in [0.717, 1.165) is 6.54 Å². The lowest BCUT2D eigenvalue weighted by Gasteiger charge is -2.36. The van der Waals surface area contributed by atoms with E-state index in [9.17, 15) is 17.8 Å². The Balaban J connectivity index is 0.000000310. The van der Waals surface area contributed by atoms with Crippen LogP contribution in [0.2, 0.25) is 10.0 Å². The number of ketones is 1. The molecular weight excluding hydrogens is 497 g/mol. The van der Waals surface area contributed by atoms with Crippen LogP contribution in [0.15, 0.2) is 77.7 Å². The van der Waals surface area contributed by atoms with E-state index >= 15 is 0 Å². The molecule has 9 heteroatoms. The molecule has 3 aromatic carbocycles. The van der Waals surface area contributed by atoms with Gasteiger partial charge in [-0.3, -0.25) is 9.28 Å². The average molecular weight is 524 g/mol. The van der Waals surface area contributed by atoms with Crippen molar-refractivity contribution in [3.8, 4) is 5.75 Å². The largest absolute Gasteiger partial charge is 0.744 e. The standard InChI is InChI=1S/C19H23ClNO2.C6H5ClO3S/c1-14(22)18-12-17(20)10-11-19(18)23-15(2)21(3,4)13-16-8-6-5-7-9-16;7-5-1-3-6(4-2-5)11(8,9)10/h5-12,15H,13H2,1-4H3;1-4H,(H,8,9,10)/q+1;/p-1. The molecule has 182 valence electrons. The van der Waals surface area contributed by atoms with Gasteiger partial charge >= 0.3 is 0 Å². The van der Waals surface area contributed by atoms with Crippen molar-refractivity contribution in [3.05, 3.63) is 94.0 Å². The molecule has 0 saturated carbocycles. The number of ether oxygens (including phenoxy) is 1. The summed E-state index contributed by atoms with van der Waals surface area (Å²) in [5.74, 6) is 0.525. The zero-order valence-corrected chi connectivity index (χ0v) is 21.7. The Morgan fingerprint density at radius 2 is 1.53 bits per heavy atom. The number of carbonyl (C=O) groups excluding carboxylic acids is 1. The smallest absolute Gasteiger partial charge is 0.230 e. The number of quaternary nitrogens is 1. The van der Waals surface area contributed by atoms with Gasteiger partial charge in [0.05, 0.1) is 24.6 Å². The molecule has 34 heavy (non-hydrogen) atoms. The maximum absolute atomic E-state index is 11.8. The predicted octanol–water partition coefficient (Wildman–Crippen LogP) is 5.79. The molecule has 0 bridgehead atoms. The molecular formula is C25H27Cl2NO5S. The zero-order chi connectivity index (χ0) is 25.5. The second-order valence-electron chi connectivity index (χ2n) is 8.24. The number of benzene rings is 3. The van der Waals surface area contributed by atoms with Crippen LogP contribution in [0.3, 0.4) is 0 Å². The summed E-state index contributed by atoms with van der Waals surface area (Å²) in [6.45, 7) is 4.37. The average Bonchev–Trinajstić information content (AvgIpc) is 2.75. The van der Waals surface area contributed by atoms with Gasteiger partial charge in [-0.2, -0.15) is 0 Å². The van der Waals surface area contributed by atoms with Gasteiger partial charge in [0, 0.05) is 22.5 Å². The van der Waals surface area contributed by atoms with Crippen LogP contribution in [0.5, 0.6) is 5.75 Å². The van der Waals surface area contributed by atoms with Gasteiger partial charge in [-0.15, -0.1) is 0 Å². The molecule has 6 nitrogen and oxygen atoms in total. The van der Waals surface area contributed by atoms with E-state index in [1.807, 2.05) is 25.1 Å². The van der Waals surface area contributed by atoms with Crippen molar-refractivity contribution in [2.75, 3.05) is 14.1 Å². The Kier molecular flexibility index (Phi) is 9.67. The van der Waals surface area contributed by atoms with Crippen LogP contribution in [0.1, 0.15) is 29.8 Å². The fraction of sp³-hybridized carbons (Fsp3) is 0.240. The van der Waals surface area contributed by atoms with E-state index in [-0.39, 0.29) is 16.9 Å². The molecule has 0 spiro atoms. The molecule has 0 aliphatic heterocycles. The summed E-state index contributed by atoms with van der Waals surface area (Å²) in [7, 11) is -0.104. The summed E-state index contributed by atoms with van der Waals surface area (Å²) in [4.78, 5) is 11.5. The van der Waals surface area contributed by atoms with Crippen LogP contribution < -0.4 is 4.74 Å². The Morgan fingerprint density at radius 1 is 0.971 bits per heavy atom. The maximum atomic E-state index is 11.8. The van der Waals surface area contributed by atoms with E-state index in [2.05, 4.69) is 26.2 Å². The van der Waals surface area contributed by atoms with Gasteiger partial charge in [-0.1, -0.05) is 53.5 Å². The number of halogens is 2. The molecule has 0 amide bonds. The number of nitrogens with zero attached hydrogens (tertiary/aromatic N) is 1. The first-order valence-electron chi connectivity index (χ1n) is 10.3. The maximum Gasteiger partial charge on any atom is 0.230 e. The Hall–Kier alpha value is -2.42. The minimum absolute atomic E-state index is 0.0527. The monoisotopic (exact) mass is 523 g/mol. The minimum atomic E-state index is -4.33. The summed E-state index contributed by atoms with van der Waals surface area (Å²) in [5.41, 5.74) is 1.76. The molecule has 0 radical (unpaired) electrons. The minimum Gasteiger partial charge on any atom is -0.744 e. The van der Waals surface area contributed by atoms with E-state index in [0.29, 0.717) is 25.8 Å². The third-order valence-electron chi connectivity index (χ3n) is 5.14. The van der Waals surface area contributed by atoms with Crippen LogP contribution >= 0.6 is 23.2 Å². The van der Waals surface area contributed by atoms with Gasteiger partial charge in [0.1, 0.15) is 22.4 Å². The number of hydrogen-bond acceptors (Lipinski definition) is 5. The molecule has 1 atom stereocenters. The molecule has 0 fully saturated rings. The van der Waals surface area contributed by atoms with Crippen molar-refractivity contribution in [1.29, 1.82) is 0 Å². The van der Waals surface area contributed by atoms with Crippen LogP contribution in [0, 0.1) is 0 Å². The summed E-state index contributed by atoms with van der Waals surface area (Å²) >= 11 is 11.4. The highest BCUT2D eigenvalue weighted by atomic mass is 35.5. The van der Waals surface area contributed by atoms with E-state index in [1.54, 1.807) is 18.2 Å². The first kappa shape index (κ1) is 27.8. The summed E-state index contributed by atoms with van der Waals surface area (Å²) < 4.78 is 37.8. The van der Waals surface area contributed by atoms with Crippen molar-refractivity contribution >= 4 is 39.1 Å². The van der Waals surface area contributed by atoms with Crippen molar-refractivity contribution in [2.24, 2.45) is 0 Å². The Labute approximate surface area is 211 Å². The molecule has 0 aliphatic rings. The fourth-order valence-electron chi connectivity index (χ4n) is 2.99. The lowest BCUT2D eigenvalue weighted by Crippen LogP contribution is -2.49. The molecule has 3 aromatic rings. The van der Waals surface area contributed by atoms with Gasteiger partial charge in [0.25, 0.3) is 0 Å². The van der Waals surface area contributed by atoms with Crippen molar-refractivity contribution in [1.82, 2.24) is 0 Å². The third-order valence-corrected chi connectivity index (χ3v) is 6.47. The fourth-order valence-corrected chi connectivity index (χ4v) is 3.76. The van der Waals surface area contributed by atoms with Crippen molar-refractivity contribution in [3.63, 3.8) is 0 Å². The highest BCUT2D eigenvalue weighted by Crippen LogP contribution is 2.26. The lowest BCUT2D eigenvalue weighted by molar-refractivity contribution is -0.943. The van der Waals surface area contributed by atoms with E-state index in [1.165, 1.54) is 36.8 Å². The van der Waals surface area contributed by atoms with Gasteiger partial charge in [-0.05, 0) is 49.4 Å². The lowest BCUT2D eigenvalue weighted by atomic mass is 10.1. The van der Waals surface area contributed by atoms with Gasteiger partial charge in [-0.25, -0.2) is 8.42 Å². The van der Waals surface area contributed by atoms with Crippen molar-refractivity contribution in [2.45, 2.75) is 31.5 Å². The molecule has 0 N–H and O–H groups in total. The van der Waals surface area contributed by atoms with Crippen LogP contribution in [0.4, 0.5) is 0 Å². The third kappa shape index (κ3) is 8.42. The first-order valence-corrected chi connectivity index (χ1v) is 12.5. The summed E-state index contributed by atoms with van der Waals surface area (Å²) in [5, 5.41) is 0.936. The molecule has 3 rings (SSSR count). The van der Waals surface area contributed by atoms with Crippen LogP contribution in [-0.2, 0) is 16.7 Å². The van der Waals surface area contributed by atoms with Crippen LogP contribution in [0.25, 0.3) is 0 Å².